The van der Waals surface area contributed by atoms with Gasteiger partial charge in [0, 0.05) is 10.0 Å². The van der Waals surface area contributed by atoms with Crippen LogP contribution in [0.1, 0.15) is 15.9 Å². The van der Waals surface area contributed by atoms with Gasteiger partial charge in [-0.3, -0.25) is 19.3 Å². The molecule has 2 amide bonds. The second kappa shape index (κ2) is 10.3. The highest BCUT2D eigenvalue weighted by atomic mass is 79.9. The summed E-state index contributed by atoms with van der Waals surface area (Å²) in [6.45, 7) is -0.562. The van der Waals surface area contributed by atoms with Crippen LogP contribution < -0.4 is 4.74 Å². The number of halogens is 2. The number of imide groups is 1. The quantitative estimate of drug-likeness (QED) is 0.272. The number of carbonyl (C=O) groups excluding carboxylic acids is 4. The van der Waals surface area contributed by atoms with E-state index in [0.29, 0.717) is 21.3 Å². The minimum absolute atomic E-state index is 0.212. The Morgan fingerprint density at radius 3 is 2.45 bits per heavy atom. The first-order chi connectivity index (χ1) is 14.8. The summed E-state index contributed by atoms with van der Waals surface area (Å²) in [6, 6.07) is 11.7. The highest BCUT2D eigenvalue weighted by Crippen LogP contribution is 2.34. The molecule has 0 atom stereocenters. The van der Waals surface area contributed by atoms with Crippen molar-refractivity contribution < 1.29 is 28.7 Å². The standard InChI is InChI=1S/C21H15Br2NO6S/c1-29-19(26)11-30-17-7-2-12(8-15(17)23)9-18-20(27)24(21(28)31-18)10-16(25)13-3-5-14(22)6-4-13/h2-9H,10-11H2,1H3/b18-9+. The molecular weight excluding hydrogens is 554 g/mol. The fourth-order valence-corrected chi connectivity index (χ4v) is 4.19. The van der Waals surface area contributed by atoms with Crippen molar-refractivity contribution in [3.63, 3.8) is 0 Å². The van der Waals surface area contributed by atoms with Gasteiger partial charge in [0.1, 0.15) is 5.75 Å². The number of Topliss-reactive ketones (excluding diaryl/α,β-unsaturated/α-hetero) is 1. The first-order valence-corrected chi connectivity index (χ1v) is 11.2. The summed E-state index contributed by atoms with van der Waals surface area (Å²) in [7, 11) is 1.27. The molecule has 0 aliphatic carbocycles. The Balaban J connectivity index is 1.71. The third kappa shape index (κ3) is 5.84. The normalized spacial score (nSPS) is 14.8. The van der Waals surface area contributed by atoms with E-state index < -0.39 is 17.1 Å². The van der Waals surface area contributed by atoms with Crippen molar-refractivity contribution in [1.82, 2.24) is 4.90 Å². The molecule has 1 heterocycles. The van der Waals surface area contributed by atoms with Crippen molar-refractivity contribution in [2.75, 3.05) is 20.3 Å². The van der Waals surface area contributed by atoms with Gasteiger partial charge in [-0.15, -0.1) is 0 Å². The van der Waals surface area contributed by atoms with Gasteiger partial charge in [0.15, 0.2) is 12.4 Å². The first kappa shape index (κ1) is 23.2. The van der Waals surface area contributed by atoms with Gasteiger partial charge in [-0.05, 0) is 63.6 Å². The monoisotopic (exact) mass is 567 g/mol. The molecule has 2 aromatic rings. The first-order valence-electron chi connectivity index (χ1n) is 8.82. The Hall–Kier alpha value is -2.43. The number of amides is 2. The fourth-order valence-electron chi connectivity index (χ4n) is 2.58. The number of hydrogen-bond donors (Lipinski definition) is 0. The van der Waals surface area contributed by atoms with E-state index >= 15 is 0 Å². The van der Waals surface area contributed by atoms with E-state index in [1.165, 1.54) is 7.11 Å². The zero-order valence-electron chi connectivity index (χ0n) is 16.1. The van der Waals surface area contributed by atoms with Gasteiger partial charge < -0.3 is 9.47 Å². The van der Waals surface area contributed by atoms with Crippen LogP contribution in [0.4, 0.5) is 4.79 Å². The number of ketones is 1. The molecule has 10 heteroatoms. The third-order valence-electron chi connectivity index (χ3n) is 4.17. The van der Waals surface area contributed by atoms with E-state index in [9.17, 15) is 19.2 Å². The summed E-state index contributed by atoms with van der Waals surface area (Å²) in [5.41, 5.74) is 1.06. The molecule has 0 aromatic heterocycles. The Morgan fingerprint density at radius 1 is 1.10 bits per heavy atom. The molecule has 0 N–H and O–H groups in total. The summed E-state index contributed by atoms with van der Waals surface area (Å²) >= 11 is 7.42. The summed E-state index contributed by atoms with van der Waals surface area (Å²) in [5.74, 6) is -0.938. The number of hydrogen-bond acceptors (Lipinski definition) is 7. The van der Waals surface area contributed by atoms with E-state index in [0.717, 1.165) is 21.1 Å². The number of nitrogens with zero attached hydrogens (tertiary/aromatic N) is 1. The molecule has 0 saturated carbocycles. The molecule has 1 saturated heterocycles. The maximum Gasteiger partial charge on any atom is 0.343 e. The van der Waals surface area contributed by atoms with Crippen LogP contribution in [0.25, 0.3) is 6.08 Å². The molecule has 160 valence electrons. The Bertz CT molecular complexity index is 1080. The molecule has 3 rings (SSSR count). The lowest BCUT2D eigenvalue weighted by Crippen LogP contribution is -2.33. The average Bonchev–Trinajstić information content (AvgIpc) is 3.00. The average molecular weight is 569 g/mol. The van der Waals surface area contributed by atoms with Crippen LogP contribution in [-0.2, 0) is 14.3 Å². The van der Waals surface area contributed by atoms with Crippen molar-refractivity contribution in [3.8, 4) is 5.75 Å². The largest absolute Gasteiger partial charge is 0.481 e. The Kier molecular flexibility index (Phi) is 7.69. The van der Waals surface area contributed by atoms with Crippen molar-refractivity contribution in [1.29, 1.82) is 0 Å². The summed E-state index contributed by atoms with van der Waals surface area (Å²) < 4.78 is 11.3. The Labute approximate surface area is 199 Å². The van der Waals surface area contributed by atoms with Crippen LogP contribution >= 0.6 is 43.6 Å². The van der Waals surface area contributed by atoms with Gasteiger partial charge in [0.05, 0.1) is 23.0 Å². The fraction of sp³-hybridized carbons (Fsp3) is 0.143. The summed E-state index contributed by atoms with van der Waals surface area (Å²) in [4.78, 5) is 49.8. The van der Waals surface area contributed by atoms with Gasteiger partial charge in [0.2, 0.25) is 0 Å². The van der Waals surface area contributed by atoms with Crippen molar-refractivity contribution in [2.45, 2.75) is 0 Å². The molecular formula is C21H15Br2NO6S. The maximum absolute atomic E-state index is 12.7. The molecule has 1 aliphatic rings. The minimum Gasteiger partial charge on any atom is -0.481 e. The lowest BCUT2D eigenvalue weighted by molar-refractivity contribution is -0.142. The zero-order chi connectivity index (χ0) is 22.5. The highest BCUT2D eigenvalue weighted by molar-refractivity contribution is 9.10. The number of esters is 1. The predicted molar refractivity (Wildman–Crippen MR) is 123 cm³/mol. The van der Waals surface area contributed by atoms with Crippen molar-refractivity contribution in [3.05, 3.63) is 67.4 Å². The third-order valence-corrected chi connectivity index (χ3v) is 6.22. The molecule has 2 aromatic carbocycles. The number of benzene rings is 2. The minimum atomic E-state index is -0.525. The van der Waals surface area contributed by atoms with Crippen LogP contribution in [0.15, 0.2) is 56.3 Å². The lowest BCUT2D eigenvalue weighted by Gasteiger charge is -2.11. The van der Waals surface area contributed by atoms with E-state index in [2.05, 4.69) is 36.6 Å². The zero-order valence-corrected chi connectivity index (χ0v) is 20.1. The summed E-state index contributed by atoms with van der Waals surface area (Å²) in [6.07, 6.45) is 1.56. The Morgan fingerprint density at radius 2 is 1.81 bits per heavy atom. The highest BCUT2D eigenvalue weighted by Gasteiger charge is 2.36. The molecule has 31 heavy (non-hydrogen) atoms. The van der Waals surface area contributed by atoms with E-state index in [-0.39, 0.29) is 23.8 Å². The van der Waals surface area contributed by atoms with E-state index in [1.807, 2.05) is 0 Å². The molecule has 1 fully saturated rings. The molecule has 0 unspecified atom stereocenters. The molecule has 0 spiro atoms. The molecule has 0 radical (unpaired) electrons. The number of thioether (sulfide) groups is 1. The van der Waals surface area contributed by atoms with Crippen LogP contribution in [0.2, 0.25) is 0 Å². The smallest absolute Gasteiger partial charge is 0.343 e. The number of rotatable bonds is 7. The van der Waals surface area contributed by atoms with E-state index in [4.69, 9.17) is 4.74 Å². The van der Waals surface area contributed by atoms with E-state index in [1.54, 1.807) is 48.5 Å². The van der Waals surface area contributed by atoms with Gasteiger partial charge >= 0.3 is 5.97 Å². The van der Waals surface area contributed by atoms with Crippen molar-refractivity contribution >= 4 is 72.6 Å². The van der Waals surface area contributed by atoms with Crippen LogP contribution in [-0.4, -0.2) is 48.1 Å². The SMILES string of the molecule is COC(=O)COc1ccc(/C=C2/SC(=O)N(CC(=O)c3ccc(Br)cc3)C2=O)cc1Br. The number of ether oxygens (including phenoxy) is 2. The molecule has 7 nitrogen and oxygen atoms in total. The maximum atomic E-state index is 12.7. The summed E-state index contributed by atoms with van der Waals surface area (Å²) in [5, 5.41) is -0.501. The second-order valence-corrected chi connectivity index (χ2v) is 9.02. The van der Waals surface area contributed by atoms with Crippen molar-refractivity contribution in [2.24, 2.45) is 0 Å². The van der Waals surface area contributed by atoms with Gasteiger partial charge in [-0.1, -0.05) is 34.1 Å². The van der Waals surface area contributed by atoms with Crippen LogP contribution in [0.3, 0.4) is 0 Å². The topological polar surface area (TPSA) is 90.0 Å². The second-order valence-electron chi connectivity index (χ2n) is 6.25. The van der Waals surface area contributed by atoms with Gasteiger partial charge in [-0.2, -0.15) is 0 Å². The number of carbonyl (C=O) groups is 4. The molecule has 1 aliphatic heterocycles. The van der Waals surface area contributed by atoms with Crippen LogP contribution in [0, 0.1) is 0 Å². The van der Waals surface area contributed by atoms with Gasteiger partial charge in [0.25, 0.3) is 11.1 Å². The van der Waals surface area contributed by atoms with Crippen LogP contribution in [0.5, 0.6) is 5.75 Å². The molecule has 0 bridgehead atoms. The predicted octanol–water partition coefficient (Wildman–Crippen LogP) is 4.68. The number of methoxy groups -OCH3 is 1. The van der Waals surface area contributed by atoms with Gasteiger partial charge in [-0.25, -0.2) is 4.79 Å². The lowest BCUT2D eigenvalue weighted by atomic mass is 10.1.